The van der Waals surface area contributed by atoms with Gasteiger partial charge in [-0.15, -0.1) is 0 Å². The lowest BCUT2D eigenvalue weighted by molar-refractivity contribution is 0.271. The summed E-state index contributed by atoms with van der Waals surface area (Å²) >= 11 is 5.78. The standard InChI is InChI=1S/C9H10ClN3O/c1-5(4-14)9-6-2-8(10)11-3-7(6)12-13-9/h2-3,5,14H,4H2,1H3,(H,12,13). The summed E-state index contributed by atoms with van der Waals surface area (Å²) in [6.45, 7) is 2.00. The van der Waals surface area contributed by atoms with Crippen LogP contribution in [-0.2, 0) is 0 Å². The number of rotatable bonds is 2. The van der Waals surface area contributed by atoms with Gasteiger partial charge in [0.2, 0.25) is 0 Å². The summed E-state index contributed by atoms with van der Waals surface area (Å²) in [4.78, 5) is 3.93. The third-order valence-electron chi connectivity index (χ3n) is 2.20. The van der Waals surface area contributed by atoms with Crippen molar-refractivity contribution in [2.45, 2.75) is 12.8 Å². The summed E-state index contributed by atoms with van der Waals surface area (Å²) < 4.78 is 0. The minimum absolute atomic E-state index is 0.0264. The summed E-state index contributed by atoms with van der Waals surface area (Å²) in [6.07, 6.45) is 1.61. The zero-order valence-corrected chi connectivity index (χ0v) is 8.41. The SMILES string of the molecule is CC(CO)c1[nH]nc2cnc(Cl)cc12. The molecule has 74 valence electrons. The molecule has 0 spiro atoms. The zero-order valence-electron chi connectivity index (χ0n) is 7.66. The molecule has 1 atom stereocenters. The number of aromatic nitrogens is 3. The van der Waals surface area contributed by atoms with Gasteiger partial charge in [0, 0.05) is 17.0 Å². The maximum Gasteiger partial charge on any atom is 0.129 e. The minimum Gasteiger partial charge on any atom is -0.396 e. The van der Waals surface area contributed by atoms with Crippen molar-refractivity contribution >= 4 is 22.5 Å². The first-order valence-corrected chi connectivity index (χ1v) is 4.70. The molecule has 2 N–H and O–H groups in total. The van der Waals surface area contributed by atoms with E-state index in [9.17, 15) is 0 Å². The van der Waals surface area contributed by atoms with E-state index >= 15 is 0 Å². The lowest BCUT2D eigenvalue weighted by Crippen LogP contribution is -1.99. The number of hydrogen-bond acceptors (Lipinski definition) is 3. The van der Waals surface area contributed by atoms with E-state index in [1.807, 2.05) is 6.92 Å². The van der Waals surface area contributed by atoms with Gasteiger partial charge in [0.1, 0.15) is 10.7 Å². The van der Waals surface area contributed by atoms with Crippen LogP contribution in [0, 0.1) is 0 Å². The first-order valence-electron chi connectivity index (χ1n) is 4.32. The predicted octanol–water partition coefficient (Wildman–Crippen LogP) is 1.71. The number of nitrogens with zero attached hydrogens (tertiary/aromatic N) is 2. The molecule has 2 heterocycles. The van der Waals surface area contributed by atoms with E-state index < -0.39 is 0 Å². The van der Waals surface area contributed by atoms with Gasteiger partial charge in [-0.2, -0.15) is 5.10 Å². The molecule has 1 unspecified atom stereocenters. The summed E-state index contributed by atoms with van der Waals surface area (Å²) in [6, 6.07) is 1.75. The van der Waals surface area contributed by atoms with Crippen molar-refractivity contribution in [1.82, 2.24) is 15.2 Å². The van der Waals surface area contributed by atoms with Crippen molar-refractivity contribution in [1.29, 1.82) is 0 Å². The van der Waals surface area contributed by atoms with Gasteiger partial charge in [-0.05, 0) is 6.07 Å². The van der Waals surface area contributed by atoms with Gasteiger partial charge in [-0.3, -0.25) is 5.10 Å². The number of aliphatic hydroxyl groups excluding tert-OH is 1. The molecule has 0 saturated heterocycles. The van der Waals surface area contributed by atoms with Gasteiger partial charge < -0.3 is 5.11 Å². The van der Waals surface area contributed by atoms with Crippen LogP contribution in [0.25, 0.3) is 10.9 Å². The Morgan fingerprint density at radius 3 is 3.14 bits per heavy atom. The zero-order chi connectivity index (χ0) is 10.1. The lowest BCUT2D eigenvalue weighted by Gasteiger charge is -2.04. The Hall–Kier alpha value is -1.13. The largest absolute Gasteiger partial charge is 0.396 e. The first-order chi connectivity index (χ1) is 6.72. The summed E-state index contributed by atoms with van der Waals surface area (Å²) in [7, 11) is 0. The van der Waals surface area contributed by atoms with Crippen LogP contribution in [0.5, 0.6) is 0 Å². The minimum atomic E-state index is 0.0264. The third kappa shape index (κ3) is 1.47. The van der Waals surface area contributed by atoms with Gasteiger partial charge in [0.15, 0.2) is 0 Å². The van der Waals surface area contributed by atoms with E-state index in [-0.39, 0.29) is 12.5 Å². The molecular formula is C9H10ClN3O. The van der Waals surface area contributed by atoms with E-state index in [1.54, 1.807) is 12.3 Å². The highest BCUT2D eigenvalue weighted by atomic mass is 35.5. The molecule has 0 amide bonds. The normalized spacial score (nSPS) is 13.4. The Labute approximate surface area is 85.9 Å². The highest BCUT2D eigenvalue weighted by Crippen LogP contribution is 2.23. The van der Waals surface area contributed by atoms with E-state index in [2.05, 4.69) is 15.2 Å². The fourth-order valence-corrected chi connectivity index (χ4v) is 1.53. The highest BCUT2D eigenvalue weighted by molar-refractivity contribution is 6.30. The highest BCUT2D eigenvalue weighted by Gasteiger charge is 2.12. The van der Waals surface area contributed by atoms with Crippen molar-refractivity contribution in [3.05, 3.63) is 23.1 Å². The van der Waals surface area contributed by atoms with Crippen LogP contribution in [0.1, 0.15) is 18.5 Å². The van der Waals surface area contributed by atoms with Gasteiger partial charge in [0.25, 0.3) is 0 Å². The second kappa shape index (κ2) is 3.55. The van der Waals surface area contributed by atoms with Crippen molar-refractivity contribution < 1.29 is 5.11 Å². The van der Waals surface area contributed by atoms with Crippen LogP contribution >= 0.6 is 11.6 Å². The second-order valence-electron chi connectivity index (χ2n) is 3.25. The van der Waals surface area contributed by atoms with Gasteiger partial charge >= 0.3 is 0 Å². The average Bonchev–Trinajstić information content (AvgIpc) is 2.59. The number of H-pyrrole nitrogens is 1. The monoisotopic (exact) mass is 211 g/mol. The summed E-state index contributed by atoms with van der Waals surface area (Å²) in [5.41, 5.74) is 1.66. The first kappa shape index (κ1) is 9.43. The van der Waals surface area contributed by atoms with Crippen LogP contribution in [0.4, 0.5) is 0 Å². The number of fused-ring (bicyclic) bond motifs is 1. The van der Waals surface area contributed by atoms with Crippen LogP contribution in [0.3, 0.4) is 0 Å². The maximum absolute atomic E-state index is 9.04. The molecule has 0 aromatic carbocycles. The number of aromatic amines is 1. The molecule has 2 aromatic heterocycles. The molecule has 0 saturated carbocycles. The number of nitrogens with one attached hydrogen (secondary N) is 1. The predicted molar refractivity (Wildman–Crippen MR) is 54.4 cm³/mol. The van der Waals surface area contributed by atoms with Crippen LogP contribution in [-0.4, -0.2) is 26.9 Å². The quantitative estimate of drug-likeness (QED) is 0.744. The Morgan fingerprint density at radius 2 is 2.43 bits per heavy atom. The molecule has 14 heavy (non-hydrogen) atoms. The fraction of sp³-hybridized carbons (Fsp3) is 0.333. The molecule has 0 aliphatic carbocycles. The van der Waals surface area contributed by atoms with Crippen LogP contribution < -0.4 is 0 Å². The number of halogens is 1. The van der Waals surface area contributed by atoms with E-state index in [4.69, 9.17) is 16.7 Å². The lowest BCUT2D eigenvalue weighted by atomic mass is 10.1. The Balaban J connectivity index is 2.61. The second-order valence-corrected chi connectivity index (χ2v) is 3.63. The smallest absolute Gasteiger partial charge is 0.129 e. The molecule has 2 rings (SSSR count). The van der Waals surface area contributed by atoms with E-state index in [0.29, 0.717) is 5.15 Å². The number of hydrogen-bond donors (Lipinski definition) is 2. The van der Waals surface area contributed by atoms with E-state index in [0.717, 1.165) is 16.6 Å². The maximum atomic E-state index is 9.04. The van der Waals surface area contributed by atoms with Gasteiger partial charge in [-0.25, -0.2) is 4.98 Å². The summed E-state index contributed by atoms with van der Waals surface area (Å²) in [5, 5.41) is 17.4. The van der Waals surface area contributed by atoms with Crippen molar-refractivity contribution in [3.8, 4) is 0 Å². The fourth-order valence-electron chi connectivity index (χ4n) is 1.38. The Morgan fingerprint density at radius 1 is 1.64 bits per heavy atom. The Bertz CT molecular complexity index is 454. The molecular weight excluding hydrogens is 202 g/mol. The molecule has 2 aromatic rings. The average molecular weight is 212 g/mol. The van der Waals surface area contributed by atoms with Crippen molar-refractivity contribution in [2.24, 2.45) is 0 Å². The van der Waals surface area contributed by atoms with Crippen molar-refractivity contribution in [2.75, 3.05) is 6.61 Å². The molecule has 4 nitrogen and oxygen atoms in total. The Kier molecular flexibility index (Phi) is 2.39. The number of aliphatic hydroxyl groups is 1. The van der Waals surface area contributed by atoms with Crippen molar-refractivity contribution in [3.63, 3.8) is 0 Å². The van der Waals surface area contributed by atoms with E-state index in [1.165, 1.54) is 0 Å². The summed E-state index contributed by atoms with van der Waals surface area (Å²) in [5.74, 6) is 0.0264. The van der Waals surface area contributed by atoms with Crippen LogP contribution in [0.15, 0.2) is 12.3 Å². The topological polar surface area (TPSA) is 61.8 Å². The molecule has 0 bridgehead atoms. The molecule has 5 heteroatoms. The molecule has 0 aliphatic heterocycles. The van der Waals surface area contributed by atoms with Crippen LogP contribution in [0.2, 0.25) is 5.15 Å². The van der Waals surface area contributed by atoms with Gasteiger partial charge in [0.05, 0.1) is 12.8 Å². The molecule has 0 radical (unpaired) electrons. The number of pyridine rings is 1. The third-order valence-corrected chi connectivity index (χ3v) is 2.41. The molecule has 0 fully saturated rings. The van der Waals surface area contributed by atoms with Gasteiger partial charge in [-0.1, -0.05) is 18.5 Å². The molecule has 0 aliphatic rings.